The zero-order valence-electron chi connectivity index (χ0n) is 10.8. The zero-order chi connectivity index (χ0) is 14.6. The molecule has 1 aromatic carbocycles. The number of carbonyl (C=O) groups is 1. The number of carbonyl (C=O) groups excluding carboxylic acids is 1. The first kappa shape index (κ1) is 14.9. The molecule has 0 aliphatic rings. The van der Waals surface area contributed by atoms with Crippen molar-refractivity contribution in [3.63, 3.8) is 0 Å². The number of nitro groups is 1. The van der Waals surface area contributed by atoms with E-state index in [0.29, 0.717) is 0 Å². The van der Waals surface area contributed by atoms with Gasteiger partial charge in [0.15, 0.2) is 0 Å². The number of nitrogens with zero attached hydrogens (tertiary/aromatic N) is 1. The molecule has 1 amide bonds. The number of amides is 1. The highest BCUT2D eigenvalue weighted by Gasteiger charge is 2.20. The second-order valence-corrected chi connectivity index (χ2v) is 4.53. The third-order valence-corrected chi connectivity index (χ3v) is 2.82. The summed E-state index contributed by atoms with van der Waals surface area (Å²) in [6.45, 7) is 3.57. The van der Waals surface area contributed by atoms with E-state index >= 15 is 0 Å². The molecule has 0 aliphatic heterocycles. The van der Waals surface area contributed by atoms with Crippen LogP contribution < -0.4 is 11.1 Å². The van der Waals surface area contributed by atoms with Gasteiger partial charge in [-0.05, 0) is 18.1 Å². The molecule has 0 saturated carbocycles. The lowest BCUT2D eigenvalue weighted by Gasteiger charge is -2.21. The minimum absolute atomic E-state index is 0.0711. The molecule has 0 radical (unpaired) electrons. The summed E-state index contributed by atoms with van der Waals surface area (Å²) >= 11 is 0. The standard InChI is InChI=1S/C12H17N3O4/c1-7(2)10(6-16)14-9-5-8(12(13)17)3-4-11(9)15(18)19/h3-5,7,10,14,16H,6H2,1-2H3,(H2,13,17). The van der Waals surface area contributed by atoms with Crippen LogP contribution in [0.2, 0.25) is 0 Å². The van der Waals surface area contributed by atoms with E-state index in [-0.39, 0.29) is 35.5 Å². The molecule has 1 unspecified atom stereocenters. The van der Waals surface area contributed by atoms with Gasteiger partial charge in [-0.25, -0.2) is 0 Å². The number of aliphatic hydroxyl groups is 1. The van der Waals surface area contributed by atoms with Crippen molar-refractivity contribution in [3.05, 3.63) is 33.9 Å². The zero-order valence-corrected chi connectivity index (χ0v) is 10.8. The highest BCUT2D eigenvalue weighted by Crippen LogP contribution is 2.27. The van der Waals surface area contributed by atoms with Crippen molar-refractivity contribution in [1.29, 1.82) is 0 Å². The number of nitrogens with one attached hydrogen (secondary N) is 1. The fourth-order valence-corrected chi connectivity index (χ4v) is 1.59. The summed E-state index contributed by atoms with van der Waals surface area (Å²) in [7, 11) is 0. The quantitative estimate of drug-likeness (QED) is 0.527. The number of anilines is 1. The number of nitro benzene ring substituents is 1. The van der Waals surface area contributed by atoms with Gasteiger partial charge in [-0.1, -0.05) is 13.8 Å². The summed E-state index contributed by atoms with van der Waals surface area (Å²) in [6, 6.07) is 3.50. The van der Waals surface area contributed by atoms with Crippen LogP contribution in [0.5, 0.6) is 0 Å². The SMILES string of the molecule is CC(C)C(CO)Nc1cc(C(N)=O)ccc1[N+](=O)[O-]. The van der Waals surface area contributed by atoms with Gasteiger partial charge in [0.2, 0.25) is 5.91 Å². The fraction of sp³-hybridized carbons (Fsp3) is 0.417. The van der Waals surface area contributed by atoms with Crippen molar-refractivity contribution in [2.24, 2.45) is 11.7 Å². The number of nitrogens with two attached hydrogens (primary N) is 1. The van der Waals surface area contributed by atoms with Gasteiger partial charge in [-0.15, -0.1) is 0 Å². The van der Waals surface area contributed by atoms with Gasteiger partial charge in [-0.3, -0.25) is 14.9 Å². The Morgan fingerprint density at radius 3 is 2.58 bits per heavy atom. The molecule has 0 bridgehead atoms. The first-order chi connectivity index (χ1) is 8.86. The van der Waals surface area contributed by atoms with E-state index in [4.69, 9.17) is 5.73 Å². The summed E-state index contributed by atoms with van der Waals surface area (Å²) in [5.74, 6) is -0.593. The van der Waals surface area contributed by atoms with E-state index in [1.54, 1.807) is 0 Å². The summed E-state index contributed by atoms with van der Waals surface area (Å²) in [4.78, 5) is 21.5. The molecule has 1 atom stereocenters. The van der Waals surface area contributed by atoms with Gasteiger partial charge in [0.05, 0.1) is 17.6 Å². The molecule has 0 aromatic heterocycles. The lowest BCUT2D eigenvalue weighted by atomic mass is 10.0. The van der Waals surface area contributed by atoms with E-state index in [1.165, 1.54) is 18.2 Å². The predicted octanol–water partition coefficient (Wildman–Crippen LogP) is 1.12. The van der Waals surface area contributed by atoms with Crippen LogP contribution in [-0.4, -0.2) is 28.6 Å². The van der Waals surface area contributed by atoms with E-state index in [2.05, 4.69) is 5.32 Å². The summed E-state index contributed by atoms with van der Waals surface area (Å²) < 4.78 is 0. The Bertz CT molecular complexity index is 488. The van der Waals surface area contributed by atoms with Gasteiger partial charge in [0, 0.05) is 11.6 Å². The van der Waals surface area contributed by atoms with Crippen molar-refractivity contribution < 1.29 is 14.8 Å². The minimum atomic E-state index is -0.664. The fourth-order valence-electron chi connectivity index (χ4n) is 1.59. The smallest absolute Gasteiger partial charge is 0.292 e. The van der Waals surface area contributed by atoms with Crippen LogP contribution in [0.1, 0.15) is 24.2 Å². The lowest BCUT2D eigenvalue weighted by molar-refractivity contribution is -0.384. The second-order valence-electron chi connectivity index (χ2n) is 4.53. The highest BCUT2D eigenvalue weighted by molar-refractivity contribution is 5.94. The molecular formula is C12H17N3O4. The predicted molar refractivity (Wildman–Crippen MR) is 70.9 cm³/mol. The molecule has 1 rings (SSSR count). The molecule has 0 saturated heterocycles. The van der Waals surface area contributed by atoms with Gasteiger partial charge < -0.3 is 16.2 Å². The summed E-state index contributed by atoms with van der Waals surface area (Å²) in [5, 5.41) is 23.0. The van der Waals surface area contributed by atoms with Gasteiger partial charge in [0.25, 0.3) is 5.69 Å². The summed E-state index contributed by atoms with van der Waals surface area (Å²) in [5.41, 5.74) is 5.33. The number of benzene rings is 1. The molecule has 0 spiro atoms. The average Bonchev–Trinajstić information content (AvgIpc) is 2.34. The van der Waals surface area contributed by atoms with Crippen LogP contribution >= 0.6 is 0 Å². The first-order valence-corrected chi connectivity index (χ1v) is 5.82. The third kappa shape index (κ3) is 3.65. The number of primary amides is 1. The molecule has 0 heterocycles. The molecule has 0 fully saturated rings. The summed E-state index contributed by atoms with van der Waals surface area (Å²) in [6.07, 6.45) is 0. The van der Waals surface area contributed by atoms with Gasteiger partial charge in [-0.2, -0.15) is 0 Å². The monoisotopic (exact) mass is 267 g/mol. The van der Waals surface area contributed by atoms with Crippen LogP contribution in [0.15, 0.2) is 18.2 Å². The molecule has 1 aromatic rings. The van der Waals surface area contributed by atoms with Crippen LogP contribution in [0.25, 0.3) is 0 Å². The van der Waals surface area contributed by atoms with E-state index < -0.39 is 10.8 Å². The van der Waals surface area contributed by atoms with Crippen molar-refractivity contribution in [2.45, 2.75) is 19.9 Å². The third-order valence-electron chi connectivity index (χ3n) is 2.82. The molecule has 0 aliphatic carbocycles. The lowest BCUT2D eigenvalue weighted by Crippen LogP contribution is -2.30. The molecule has 104 valence electrons. The van der Waals surface area contributed by atoms with Crippen LogP contribution in [0.3, 0.4) is 0 Å². The normalized spacial score (nSPS) is 12.2. The van der Waals surface area contributed by atoms with Crippen molar-refractivity contribution >= 4 is 17.3 Å². The maximum Gasteiger partial charge on any atom is 0.292 e. The van der Waals surface area contributed by atoms with Crippen LogP contribution in [0, 0.1) is 16.0 Å². The number of rotatable bonds is 6. The Morgan fingerprint density at radius 2 is 2.16 bits per heavy atom. The van der Waals surface area contributed by atoms with Gasteiger partial charge in [0.1, 0.15) is 5.69 Å². The molecular weight excluding hydrogens is 250 g/mol. The maximum atomic E-state index is 11.1. The van der Waals surface area contributed by atoms with Crippen molar-refractivity contribution in [1.82, 2.24) is 0 Å². The van der Waals surface area contributed by atoms with Crippen LogP contribution in [0.4, 0.5) is 11.4 Å². The maximum absolute atomic E-state index is 11.1. The van der Waals surface area contributed by atoms with Crippen molar-refractivity contribution in [3.8, 4) is 0 Å². The average molecular weight is 267 g/mol. The minimum Gasteiger partial charge on any atom is -0.394 e. The van der Waals surface area contributed by atoms with Crippen molar-refractivity contribution in [2.75, 3.05) is 11.9 Å². The largest absolute Gasteiger partial charge is 0.394 e. The van der Waals surface area contributed by atoms with E-state index in [9.17, 15) is 20.0 Å². The van der Waals surface area contributed by atoms with E-state index in [1.807, 2.05) is 13.8 Å². The molecule has 19 heavy (non-hydrogen) atoms. The Morgan fingerprint density at radius 1 is 1.53 bits per heavy atom. The first-order valence-electron chi connectivity index (χ1n) is 5.82. The van der Waals surface area contributed by atoms with Crippen LogP contribution in [-0.2, 0) is 0 Å². The topological polar surface area (TPSA) is 118 Å². The Hall–Kier alpha value is -2.15. The van der Waals surface area contributed by atoms with Gasteiger partial charge >= 0.3 is 0 Å². The highest BCUT2D eigenvalue weighted by atomic mass is 16.6. The number of hydrogen-bond donors (Lipinski definition) is 3. The number of aliphatic hydroxyl groups excluding tert-OH is 1. The Labute approximate surface area is 110 Å². The number of hydrogen-bond acceptors (Lipinski definition) is 5. The Balaban J connectivity index is 3.17. The Kier molecular flexibility index (Phi) is 4.82. The van der Waals surface area contributed by atoms with E-state index in [0.717, 1.165) is 0 Å². The molecule has 7 heteroatoms. The molecule has 7 nitrogen and oxygen atoms in total. The second kappa shape index (κ2) is 6.14. The molecule has 4 N–H and O–H groups in total.